The van der Waals surface area contributed by atoms with Crippen LogP contribution in [0, 0.1) is 0 Å². The minimum absolute atomic E-state index is 0.0317. The van der Waals surface area contributed by atoms with Crippen molar-refractivity contribution in [2.24, 2.45) is 0 Å². The molecule has 2 fully saturated rings. The van der Waals surface area contributed by atoms with E-state index in [-0.39, 0.29) is 42.1 Å². The number of hydrogen-bond acceptors (Lipinski definition) is 4. The molecule has 1 heterocycles. The van der Waals surface area contributed by atoms with Gasteiger partial charge in [-0.25, -0.2) is 8.42 Å². The van der Waals surface area contributed by atoms with Crippen LogP contribution in [0.25, 0.3) is 11.1 Å². The highest BCUT2D eigenvalue weighted by molar-refractivity contribution is 7.91. The molecule has 1 saturated carbocycles. The fraction of sp³-hybridized carbons (Fsp3) is 0.500. The van der Waals surface area contributed by atoms with Crippen molar-refractivity contribution < 1.29 is 13.2 Å². The quantitative estimate of drug-likeness (QED) is 0.675. The molecular weight excluding hydrogens is 420 g/mol. The Morgan fingerprint density at radius 2 is 1.59 bits per heavy atom. The maximum atomic E-state index is 13.3. The summed E-state index contributed by atoms with van der Waals surface area (Å²) in [4.78, 5) is 15.2. The molecule has 0 radical (unpaired) electrons. The fourth-order valence-electron chi connectivity index (χ4n) is 5.10. The van der Waals surface area contributed by atoms with Gasteiger partial charge in [0.2, 0.25) is 5.91 Å². The SMILES string of the molecule is CC(NCC(=O)N(C1CCCCC1)C1CCS(=O)(=O)C1)c1ccc(-c2ccccc2)cc1. The maximum Gasteiger partial charge on any atom is 0.237 e. The van der Waals surface area contributed by atoms with Crippen molar-refractivity contribution in [2.75, 3.05) is 18.1 Å². The van der Waals surface area contributed by atoms with Gasteiger partial charge in [-0.1, -0.05) is 73.9 Å². The summed E-state index contributed by atoms with van der Waals surface area (Å²) < 4.78 is 24.2. The predicted octanol–water partition coefficient (Wildman–Crippen LogP) is 4.35. The first-order valence-electron chi connectivity index (χ1n) is 11.8. The Kier molecular flexibility index (Phi) is 7.31. The van der Waals surface area contributed by atoms with E-state index >= 15 is 0 Å². The van der Waals surface area contributed by atoms with Gasteiger partial charge in [0.05, 0.1) is 18.1 Å². The Morgan fingerprint density at radius 3 is 2.22 bits per heavy atom. The molecule has 0 bridgehead atoms. The molecule has 4 rings (SSSR count). The first kappa shape index (κ1) is 23.0. The van der Waals surface area contributed by atoms with E-state index in [1.165, 1.54) is 17.5 Å². The zero-order valence-corrected chi connectivity index (χ0v) is 19.7. The third kappa shape index (κ3) is 5.59. The molecule has 32 heavy (non-hydrogen) atoms. The summed E-state index contributed by atoms with van der Waals surface area (Å²) in [5.41, 5.74) is 3.48. The number of amides is 1. The van der Waals surface area contributed by atoms with E-state index in [2.05, 4.69) is 48.6 Å². The highest BCUT2D eigenvalue weighted by atomic mass is 32.2. The maximum absolute atomic E-state index is 13.3. The number of nitrogens with one attached hydrogen (secondary N) is 1. The molecule has 1 aliphatic carbocycles. The van der Waals surface area contributed by atoms with Crippen LogP contribution in [0.4, 0.5) is 0 Å². The van der Waals surface area contributed by atoms with Crippen molar-refractivity contribution in [3.8, 4) is 11.1 Å². The molecule has 1 saturated heterocycles. The molecular formula is C26H34N2O3S. The van der Waals surface area contributed by atoms with E-state index in [9.17, 15) is 13.2 Å². The lowest BCUT2D eigenvalue weighted by molar-refractivity contribution is -0.135. The average Bonchev–Trinajstić information content (AvgIpc) is 3.18. The Balaban J connectivity index is 1.39. The van der Waals surface area contributed by atoms with Gasteiger partial charge in [0.1, 0.15) is 0 Å². The van der Waals surface area contributed by atoms with E-state index in [0.717, 1.165) is 31.2 Å². The standard InChI is InChI=1S/C26H34N2O3S/c1-20(21-12-14-23(15-13-21)22-8-4-2-5-9-22)27-18-26(29)28(24-10-6-3-7-11-24)25-16-17-32(30,31)19-25/h2,4-5,8-9,12-15,20,24-25,27H,3,6-7,10-11,16-19H2,1H3. The van der Waals surface area contributed by atoms with E-state index in [4.69, 9.17) is 0 Å². The molecule has 2 unspecified atom stereocenters. The van der Waals surface area contributed by atoms with Gasteiger partial charge in [0, 0.05) is 18.1 Å². The molecule has 1 N–H and O–H groups in total. The molecule has 1 aliphatic heterocycles. The summed E-state index contributed by atoms with van der Waals surface area (Å²) in [5.74, 6) is 0.351. The van der Waals surface area contributed by atoms with Crippen molar-refractivity contribution in [2.45, 2.75) is 63.6 Å². The second kappa shape index (κ2) is 10.2. The van der Waals surface area contributed by atoms with Crippen molar-refractivity contribution in [1.82, 2.24) is 10.2 Å². The Hall–Kier alpha value is -2.18. The van der Waals surface area contributed by atoms with Crippen LogP contribution in [-0.2, 0) is 14.6 Å². The number of hydrogen-bond donors (Lipinski definition) is 1. The van der Waals surface area contributed by atoms with E-state index in [1.54, 1.807) is 0 Å². The molecule has 2 aromatic carbocycles. The molecule has 2 aromatic rings. The third-order valence-electron chi connectivity index (χ3n) is 6.94. The van der Waals surface area contributed by atoms with Crippen LogP contribution in [0.15, 0.2) is 54.6 Å². The predicted molar refractivity (Wildman–Crippen MR) is 129 cm³/mol. The van der Waals surface area contributed by atoms with Crippen LogP contribution in [-0.4, -0.2) is 49.4 Å². The van der Waals surface area contributed by atoms with Crippen LogP contribution < -0.4 is 5.32 Å². The minimum Gasteiger partial charge on any atom is -0.335 e. The molecule has 2 aliphatic rings. The molecule has 6 heteroatoms. The second-order valence-corrected chi connectivity index (χ2v) is 11.5. The average molecular weight is 455 g/mol. The van der Waals surface area contributed by atoms with Gasteiger partial charge in [-0.05, 0) is 42.9 Å². The highest BCUT2D eigenvalue weighted by Crippen LogP contribution is 2.28. The normalized spacial score (nSPS) is 21.8. The van der Waals surface area contributed by atoms with Crippen LogP contribution >= 0.6 is 0 Å². The Morgan fingerprint density at radius 1 is 0.938 bits per heavy atom. The van der Waals surface area contributed by atoms with Crippen LogP contribution in [0.1, 0.15) is 57.1 Å². The minimum atomic E-state index is -3.03. The van der Waals surface area contributed by atoms with Gasteiger partial charge in [-0.3, -0.25) is 4.79 Å². The Labute approximate surface area is 192 Å². The third-order valence-corrected chi connectivity index (χ3v) is 8.69. The Bertz CT molecular complexity index is 999. The second-order valence-electron chi connectivity index (χ2n) is 9.24. The largest absolute Gasteiger partial charge is 0.335 e. The van der Waals surface area contributed by atoms with Crippen molar-refractivity contribution in [1.29, 1.82) is 0 Å². The molecule has 5 nitrogen and oxygen atoms in total. The lowest BCUT2D eigenvalue weighted by atomic mass is 9.92. The summed E-state index contributed by atoms with van der Waals surface area (Å²) in [5, 5.41) is 3.38. The molecule has 2 atom stereocenters. The zero-order chi connectivity index (χ0) is 22.6. The van der Waals surface area contributed by atoms with Gasteiger partial charge in [-0.15, -0.1) is 0 Å². The van der Waals surface area contributed by atoms with Gasteiger partial charge < -0.3 is 10.2 Å². The summed E-state index contributed by atoms with van der Waals surface area (Å²) in [6, 6.07) is 18.7. The summed E-state index contributed by atoms with van der Waals surface area (Å²) >= 11 is 0. The van der Waals surface area contributed by atoms with Gasteiger partial charge in [-0.2, -0.15) is 0 Å². The van der Waals surface area contributed by atoms with Crippen molar-refractivity contribution in [3.05, 3.63) is 60.2 Å². The number of carbonyl (C=O) groups is 1. The monoisotopic (exact) mass is 454 g/mol. The topological polar surface area (TPSA) is 66.5 Å². The van der Waals surface area contributed by atoms with Gasteiger partial charge in [0.25, 0.3) is 0 Å². The molecule has 0 spiro atoms. The number of carbonyl (C=O) groups excluding carboxylic acids is 1. The number of sulfone groups is 1. The lowest BCUT2D eigenvalue weighted by Crippen LogP contribution is -2.51. The van der Waals surface area contributed by atoms with E-state index in [0.29, 0.717) is 6.42 Å². The van der Waals surface area contributed by atoms with Gasteiger partial charge in [0.15, 0.2) is 9.84 Å². The van der Waals surface area contributed by atoms with E-state index < -0.39 is 9.84 Å². The molecule has 0 aromatic heterocycles. The molecule has 172 valence electrons. The highest BCUT2D eigenvalue weighted by Gasteiger charge is 2.38. The lowest BCUT2D eigenvalue weighted by Gasteiger charge is -2.38. The smallest absolute Gasteiger partial charge is 0.237 e. The molecule has 1 amide bonds. The number of nitrogens with zero attached hydrogens (tertiary/aromatic N) is 1. The number of rotatable bonds is 7. The fourth-order valence-corrected chi connectivity index (χ4v) is 6.82. The van der Waals surface area contributed by atoms with Crippen LogP contribution in [0.2, 0.25) is 0 Å². The van der Waals surface area contributed by atoms with Gasteiger partial charge >= 0.3 is 0 Å². The van der Waals surface area contributed by atoms with Crippen LogP contribution in [0.5, 0.6) is 0 Å². The van der Waals surface area contributed by atoms with E-state index in [1.807, 2.05) is 23.1 Å². The van der Waals surface area contributed by atoms with Crippen molar-refractivity contribution >= 4 is 15.7 Å². The van der Waals surface area contributed by atoms with Crippen LogP contribution in [0.3, 0.4) is 0 Å². The summed E-state index contributed by atoms with van der Waals surface area (Å²) in [6.45, 7) is 2.30. The first-order chi connectivity index (χ1) is 15.4. The number of benzene rings is 2. The summed E-state index contributed by atoms with van der Waals surface area (Å²) in [7, 11) is -3.03. The summed E-state index contributed by atoms with van der Waals surface area (Å²) in [6.07, 6.45) is 5.98. The zero-order valence-electron chi connectivity index (χ0n) is 18.9. The van der Waals surface area contributed by atoms with Crippen molar-refractivity contribution in [3.63, 3.8) is 0 Å². The first-order valence-corrected chi connectivity index (χ1v) is 13.7.